The first kappa shape index (κ1) is 23.7. The molecule has 0 aliphatic heterocycles. The van der Waals surface area contributed by atoms with Crippen molar-refractivity contribution in [2.75, 3.05) is 13.2 Å². The summed E-state index contributed by atoms with van der Waals surface area (Å²) in [6, 6.07) is 14.3. The summed E-state index contributed by atoms with van der Waals surface area (Å²) in [5.74, 6) is 0.521. The zero-order valence-electron chi connectivity index (χ0n) is 18.2. The highest BCUT2D eigenvalue weighted by Crippen LogP contribution is 2.20. The van der Waals surface area contributed by atoms with Gasteiger partial charge in [-0.25, -0.2) is 0 Å². The highest BCUT2D eigenvalue weighted by molar-refractivity contribution is 6.31. The van der Waals surface area contributed by atoms with Crippen LogP contribution in [0.5, 0.6) is 5.75 Å². The molecule has 2 amide bonds. The van der Waals surface area contributed by atoms with Gasteiger partial charge in [-0.2, -0.15) is 0 Å². The molecular weight excluding hydrogens is 400 g/mol. The molecule has 0 bridgehead atoms. The van der Waals surface area contributed by atoms with E-state index in [0.29, 0.717) is 29.7 Å². The summed E-state index contributed by atoms with van der Waals surface area (Å²) in [5, 5.41) is 3.51. The van der Waals surface area contributed by atoms with Gasteiger partial charge >= 0.3 is 0 Å². The fourth-order valence-electron chi connectivity index (χ4n) is 3.09. The van der Waals surface area contributed by atoms with Crippen LogP contribution >= 0.6 is 11.6 Å². The summed E-state index contributed by atoms with van der Waals surface area (Å²) in [6.07, 6.45) is 0.491. The van der Waals surface area contributed by atoms with Crippen molar-refractivity contribution in [1.82, 2.24) is 10.2 Å². The zero-order chi connectivity index (χ0) is 22.1. The second-order valence-electron chi connectivity index (χ2n) is 7.78. The van der Waals surface area contributed by atoms with Crippen molar-refractivity contribution >= 4 is 23.4 Å². The molecular formula is C24H31ClN2O3. The highest BCUT2D eigenvalue weighted by Gasteiger charge is 2.29. The molecule has 5 nitrogen and oxygen atoms in total. The third kappa shape index (κ3) is 7.06. The van der Waals surface area contributed by atoms with E-state index in [4.69, 9.17) is 16.3 Å². The van der Waals surface area contributed by atoms with Crippen LogP contribution in [0.2, 0.25) is 5.02 Å². The number of hydrogen-bond acceptors (Lipinski definition) is 3. The van der Waals surface area contributed by atoms with Gasteiger partial charge in [0.25, 0.3) is 5.91 Å². The minimum Gasteiger partial charge on any atom is -0.484 e. The van der Waals surface area contributed by atoms with E-state index in [9.17, 15) is 9.59 Å². The molecule has 0 saturated heterocycles. The molecule has 0 heterocycles. The third-order valence-corrected chi connectivity index (χ3v) is 5.09. The molecule has 0 aliphatic rings. The molecule has 6 heteroatoms. The molecule has 2 aromatic carbocycles. The van der Waals surface area contributed by atoms with E-state index >= 15 is 0 Å². The number of benzene rings is 2. The maximum atomic E-state index is 13.1. The smallest absolute Gasteiger partial charge is 0.261 e. The summed E-state index contributed by atoms with van der Waals surface area (Å²) >= 11 is 6.32. The van der Waals surface area contributed by atoms with Gasteiger partial charge in [0.05, 0.1) is 0 Å². The first-order valence-corrected chi connectivity index (χ1v) is 10.7. The second kappa shape index (κ2) is 11.6. The summed E-state index contributed by atoms with van der Waals surface area (Å²) in [6.45, 7) is 8.57. The molecule has 1 atom stereocenters. The Morgan fingerprint density at radius 3 is 2.50 bits per heavy atom. The lowest BCUT2D eigenvalue weighted by molar-refractivity contribution is -0.143. The normalized spacial score (nSPS) is 11.8. The molecule has 0 radical (unpaired) electrons. The lowest BCUT2D eigenvalue weighted by Gasteiger charge is -2.31. The Balaban J connectivity index is 2.21. The minimum absolute atomic E-state index is 0.151. The van der Waals surface area contributed by atoms with Crippen molar-refractivity contribution in [3.05, 3.63) is 64.7 Å². The number of carbonyl (C=O) groups excluding carboxylic acids is 2. The van der Waals surface area contributed by atoms with Crippen LogP contribution in [0.4, 0.5) is 0 Å². The molecule has 0 unspecified atom stereocenters. The Kier molecular flexibility index (Phi) is 9.18. The van der Waals surface area contributed by atoms with Gasteiger partial charge in [0.15, 0.2) is 6.61 Å². The Bertz CT molecular complexity index is 854. The van der Waals surface area contributed by atoms with Gasteiger partial charge in [-0.05, 0) is 48.6 Å². The van der Waals surface area contributed by atoms with Gasteiger partial charge in [-0.1, -0.05) is 62.7 Å². The number of rotatable bonds is 10. The molecule has 162 valence electrons. The molecule has 0 spiro atoms. The molecule has 0 aromatic heterocycles. The average molecular weight is 431 g/mol. The number of aryl methyl sites for hydroxylation is 1. The fourth-order valence-corrected chi connectivity index (χ4v) is 3.28. The van der Waals surface area contributed by atoms with E-state index in [1.807, 2.05) is 70.2 Å². The van der Waals surface area contributed by atoms with E-state index in [0.717, 1.165) is 11.1 Å². The number of carbonyl (C=O) groups is 2. The maximum absolute atomic E-state index is 13.1. The van der Waals surface area contributed by atoms with Crippen molar-refractivity contribution in [3.63, 3.8) is 0 Å². The van der Waals surface area contributed by atoms with Crippen LogP contribution in [0.3, 0.4) is 0 Å². The van der Waals surface area contributed by atoms with E-state index in [1.54, 1.807) is 11.0 Å². The highest BCUT2D eigenvalue weighted by atomic mass is 35.5. The Hall–Kier alpha value is -2.53. The maximum Gasteiger partial charge on any atom is 0.261 e. The lowest BCUT2D eigenvalue weighted by atomic mass is 10.1. The van der Waals surface area contributed by atoms with Gasteiger partial charge in [0, 0.05) is 18.1 Å². The van der Waals surface area contributed by atoms with Crippen molar-refractivity contribution < 1.29 is 14.3 Å². The van der Waals surface area contributed by atoms with Crippen LogP contribution in [0.25, 0.3) is 0 Å². The van der Waals surface area contributed by atoms with Crippen molar-refractivity contribution in [3.8, 4) is 5.75 Å². The van der Waals surface area contributed by atoms with Gasteiger partial charge in [-0.15, -0.1) is 0 Å². The standard InChI is InChI=1S/C24H31ClN2O3/c1-5-22(24(29)26-14-17(2)3)27(15-19-10-6-7-12-21(19)25)23(28)16-30-20-11-8-9-18(4)13-20/h6-13,17,22H,5,14-16H2,1-4H3,(H,26,29)/t22-/m1/s1. The van der Waals surface area contributed by atoms with Crippen LogP contribution < -0.4 is 10.1 Å². The summed E-state index contributed by atoms with van der Waals surface area (Å²) in [7, 11) is 0. The zero-order valence-corrected chi connectivity index (χ0v) is 18.9. The molecule has 0 saturated carbocycles. The lowest BCUT2D eigenvalue weighted by Crippen LogP contribution is -2.50. The topological polar surface area (TPSA) is 58.6 Å². The van der Waals surface area contributed by atoms with Crippen molar-refractivity contribution in [2.45, 2.75) is 46.7 Å². The van der Waals surface area contributed by atoms with Crippen LogP contribution in [-0.4, -0.2) is 35.9 Å². The minimum atomic E-state index is -0.603. The van der Waals surface area contributed by atoms with E-state index < -0.39 is 6.04 Å². The van der Waals surface area contributed by atoms with Gasteiger partial charge in [-0.3, -0.25) is 9.59 Å². The Labute approximate surface area is 184 Å². The summed E-state index contributed by atoms with van der Waals surface area (Å²) < 4.78 is 5.71. The van der Waals surface area contributed by atoms with Crippen molar-refractivity contribution in [2.24, 2.45) is 5.92 Å². The number of halogens is 1. The third-order valence-electron chi connectivity index (χ3n) is 4.72. The second-order valence-corrected chi connectivity index (χ2v) is 8.19. The average Bonchev–Trinajstić information content (AvgIpc) is 2.71. The predicted octanol–water partition coefficient (Wildman–Crippen LogP) is 4.61. The molecule has 0 aliphatic carbocycles. The molecule has 2 aromatic rings. The van der Waals surface area contributed by atoms with Gasteiger partial charge in [0.1, 0.15) is 11.8 Å². The van der Waals surface area contributed by atoms with Crippen LogP contribution in [0.15, 0.2) is 48.5 Å². The Morgan fingerprint density at radius 1 is 1.13 bits per heavy atom. The van der Waals surface area contributed by atoms with Crippen LogP contribution in [-0.2, 0) is 16.1 Å². The van der Waals surface area contributed by atoms with Crippen LogP contribution in [0, 0.1) is 12.8 Å². The van der Waals surface area contributed by atoms with E-state index in [2.05, 4.69) is 5.32 Å². The predicted molar refractivity (Wildman–Crippen MR) is 121 cm³/mol. The summed E-state index contributed by atoms with van der Waals surface area (Å²) in [5.41, 5.74) is 1.84. The number of amides is 2. The monoisotopic (exact) mass is 430 g/mol. The van der Waals surface area contributed by atoms with E-state index in [1.165, 1.54) is 0 Å². The van der Waals surface area contributed by atoms with Crippen LogP contribution in [0.1, 0.15) is 38.3 Å². The number of ether oxygens (including phenoxy) is 1. The first-order valence-electron chi connectivity index (χ1n) is 10.3. The first-order chi connectivity index (χ1) is 14.3. The number of nitrogens with one attached hydrogen (secondary N) is 1. The number of nitrogens with zero attached hydrogens (tertiary/aromatic N) is 1. The van der Waals surface area contributed by atoms with Gasteiger partial charge < -0.3 is 15.0 Å². The molecule has 1 N–H and O–H groups in total. The number of hydrogen-bond donors (Lipinski definition) is 1. The Morgan fingerprint density at radius 2 is 1.87 bits per heavy atom. The molecule has 0 fully saturated rings. The largest absolute Gasteiger partial charge is 0.484 e. The van der Waals surface area contributed by atoms with Crippen molar-refractivity contribution in [1.29, 1.82) is 0 Å². The molecule has 2 rings (SSSR count). The van der Waals surface area contributed by atoms with Gasteiger partial charge in [0.2, 0.25) is 5.91 Å². The summed E-state index contributed by atoms with van der Waals surface area (Å²) in [4.78, 5) is 27.5. The molecule has 30 heavy (non-hydrogen) atoms. The van der Waals surface area contributed by atoms with E-state index in [-0.39, 0.29) is 25.0 Å². The quantitative estimate of drug-likeness (QED) is 0.598. The SMILES string of the molecule is CC[C@H](C(=O)NCC(C)C)N(Cc1ccccc1Cl)C(=O)COc1cccc(C)c1. The fraction of sp³-hybridized carbons (Fsp3) is 0.417.